The number of rotatable bonds is 5. The van der Waals surface area contributed by atoms with E-state index in [1.165, 1.54) is 0 Å². The van der Waals surface area contributed by atoms with E-state index < -0.39 is 0 Å². The second-order valence-corrected chi connectivity index (χ2v) is 5.43. The van der Waals surface area contributed by atoms with Crippen LogP contribution in [0.3, 0.4) is 0 Å². The van der Waals surface area contributed by atoms with Crippen molar-refractivity contribution in [2.45, 2.75) is 6.54 Å². The average molecular weight is 357 g/mol. The number of hydrogen-bond donors (Lipinski definition) is 2. The molecule has 3 rings (SSSR count). The highest BCUT2D eigenvalue weighted by Gasteiger charge is 2.02. The molecule has 0 saturated heterocycles. The lowest BCUT2D eigenvalue weighted by Crippen LogP contribution is -2.05. The van der Waals surface area contributed by atoms with Gasteiger partial charge in [-0.1, -0.05) is 22.0 Å². The van der Waals surface area contributed by atoms with Crippen molar-refractivity contribution >= 4 is 33.4 Å². The predicted molar refractivity (Wildman–Crippen MR) is 88.8 cm³/mol. The quantitative estimate of drug-likeness (QED) is 0.729. The molecule has 22 heavy (non-hydrogen) atoms. The molecule has 0 saturated carbocycles. The second kappa shape index (κ2) is 6.95. The Morgan fingerprint density at radius 1 is 1.09 bits per heavy atom. The van der Waals surface area contributed by atoms with E-state index in [0.717, 1.165) is 15.7 Å². The van der Waals surface area contributed by atoms with Crippen molar-refractivity contribution in [2.24, 2.45) is 0 Å². The van der Waals surface area contributed by atoms with Gasteiger partial charge >= 0.3 is 0 Å². The summed E-state index contributed by atoms with van der Waals surface area (Å²) in [6, 6.07) is 11.7. The zero-order valence-corrected chi connectivity index (χ0v) is 13.2. The molecule has 7 heteroatoms. The van der Waals surface area contributed by atoms with Crippen LogP contribution in [-0.4, -0.2) is 20.2 Å². The van der Waals surface area contributed by atoms with Crippen molar-refractivity contribution in [3.63, 3.8) is 0 Å². The molecule has 0 radical (unpaired) electrons. The van der Waals surface area contributed by atoms with Crippen LogP contribution >= 0.6 is 15.9 Å². The molecule has 110 valence electrons. The fourth-order valence-corrected chi connectivity index (χ4v) is 2.23. The van der Waals surface area contributed by atoms with Gasteiger partial charge in [0.1, 0.15) is 0 Å². The van der Waals surface area contributed by atoms with Crippen molar-refractivity contribution in [1.82, 2.24) is 20.2 Å². The lowest BCUT2D eigenvalue weighted by atomic mass is 10.3. The molecule has 0 fully saturated rings. The van der Waals surface area contributed by atoms with Crippen molar-refractivity contribution in [1.29, 1.82) is 0 Å². The Labute approximate surface area is 136 Å². The Morgan fingerprint density at radius 2 is 1.95 bits per heavy atom. The van der Waals surface area contributed by atoms with E-state index in [4.69, 9.17) is 0 Å². The van der Waals surface area contributed by atoms with Gasteiger partial charge in [-0.2, -0.15) is 10.1 Å². The molecule has 0 aliphatic carbocycles. The largest absolute Gasteiger partial charge is 0.365 e. The van der Waals surface area contributed by atoms with Gasteiger partial charge in [0.15, 0.2) is 5.82 Å². The minimum Gasteiger partial charge on any atom is -0.365 e. The summed E-state index contributed by atoms with van der Waals surface area (Å²) in [5.41, 5.74) is 2.01. The fourth-order valence-electron chi connectivity index (χ4n) is 1.83. The SMILES string of the molecule is Brc1cccc(Nc2nncc(NCc3ccncc3)n2)c1. The Hall–Kier alpha value is -2.54. The summed E-state index contributed by atoms with van der Waals surface area (Å²) in [4.78, 5) is 8.37. The fraction of sp³-hybridized carbons (Fsp3) is 0.0667. The molecule has 0 bridgehead atoms. The molecule has 6 nitrogen and oxygen atoms in total. The first-order chi connectivity index (χ1) is 10.8. The summed E-state index contributed by atoms with van der Waals surface area (Å²) in [5, 5.41) is 14.3. The van der Waals surface area contributed by atoms with E-state index in [1.807, 2.05) is 36.4 Å². The smallest absolute Gasteiger partial charge is 0.249 e. The first-order valence-corrected chi connectivity index (χ1v) is 7.44. The van der Waals surface area contributed by atoms with Crippen LogP contribution in [0.2, 0.25) is 0 Å². The molecule has 0 aliphatic heterocycles. The van der Waals surface area contributed by atoms with Gasteiger partial charge in [-0.15, -0.1) is 5.10 Å². The van der Waals surface area contributed by atoms with Crippen LogP contribution in [0.4, 0.5) is 17.5 Å². The summed E-state index contributed by atoms with van der Waals surface area (Å²) < 4.78 is 0.984. The maximum Gasteiger partial charge on any atom is 0.249 e. The minimum absolute atomic E-state index is 0.442. The maximum atomic E-state index is 4.39. The third-order valence-electron chi connectivity index (χ3n) is 2.86. The molecule has 0 spiro atoms. The molecule has 3 aromatic rings. The lowest BCUT2D eigenvalue weighted by Gasteiger charge is -2.08. The summed E-state index contributed by atoms with van der Waals surface area (Å²) in [6.07, 6.45) is 5.11. The van der Waals surface area contributed by atoms with Crippen LogP contribution in [0.1, 0.15) is 5.56 Å². The Morgan fingerprint density at radius 3 is 2.77 bits per heavy atom. The van der Waals surface area contributed by atoms with Gasteiger partial charge in [-0.05, 0) is 35.9 Å². The normalized spacial score (nSPS) is 10.2. The first-order valence-electron chi connectivity index (χ1n) is 6.65. The number of anilines is 3. The summed E-state index contributed by atoms with van der Waals surface area (Å²) in [7, 11) is 0. The number of pyridine rings is 1. The molecule has 2 heterocycles. The number of benzene rings is 1. The third-order valence-corrected chi connectivity index (χ3v) is 3.36. The number of hydrogen-bond acceptors (Lipinski definition) is 6. The second-order valence-electron chi connectivity index (χ2n) is 4.51. The van der Waals surface area contributed by atoms with Gasteiger partial charge in [0.05, 0.1) is 6.20 Å². The molecule has 0 amide bonds. The minimum atomic E-state index is 0.442. The van der Waals surface area contributed by atoms with Crippen molar-refractivity contribution in [2.75, 3.05) is 10.6 Å². The van der Waals surface area contributed by atoms with E-state index in [0.29, 0.717) is 18.3 Å². The number of nitrogens with zero attached hydrogens (tertiary/aromatic N) is 4. The van der Waals surface area contributed by atoms with Crippen LogP contribution < -0.4 is 10.6 Å². The van der Waals surface area contributed by atoms with E-state index >= 15 is 0 Å². The van der Waals surface area contributed by atoms with Crippen LogP contribution in [-0.2, 0) is 6.54 Å². The molecule has 0 atom stereocenters. The Balaban J connectivity index is 1.67. The molecule has 0 aliphatic rings. The van der Waals surface area contributed by atoms with Crippen molar-refractivity contribution in [3.8, 4) is 0 Å². The van der Waals surface area contributed by atoms with E-state index in [-0.39, 0.29) is 0 Å². The van der Waals surface area contributed by atoms with Crippen LogP contribution in [0.25, 0.3) is 0 Å². The molecule has 2 aromatic heterocycles. The van der Waals surface area contributed by atoms with E-state index in [1.54, 1.807) is 18.6 Å². The molecular formula is C15H13BrN6. The zero-order chi connectivity index (χ0) is 15.2. The zero-order valence-electron chi connectivity index (χ0n) is 11.6. The first kappa shape index (κ1) is 14.4. The summed E-state index contributed by atoms with van der Waals surface area (Å²) in [6.45, 7) is 0.650. The lowest BCUT2D eigenvalue weighted by molar-refractivity contribution is 0.965. The standard InChI is InChI=1S/C15H13BrN6/c16-12-2-1-3-13(8-12)20-15-21-14(10-19-22-15)18-9-11-4-6-17-7-5-11/h1-8,10H,9H2,(H2,18,20,21,22). The van der Waals surface area contributed by atoms with Crippen LogP contribution in [0.15, 0.2) is 59.5 Å². The number of halogens is 1. The highest BCUT2D eigenvalue weighted by Crippen LogP contribution is 2.18. The molecule has 2 N–H and O–H groups in total. The predicted octanol–water partition coefficient (Wildman–Crippen LogP) is 3.38. The van der Waals surface area contributed by atoms with Gasteiger partial charge in [0, 0.05) is 29.1 Å². The van der Waals surface area contributed by atoms with Gasteiger partial charge in [-0.3, -0.25) is 4.98 Å². The van der Waals surface area contributed by atoms with Crippen molar-refractivity contribution < 1.29 is 0 Å². The molecular weight excluding hydrogens is 344 g/mol. The average Bonchev–Trinajstić information content (AvgIpc) is 2.54. The van der Waals surface area contributed by atoms with Crippen LogP contribution in [0.5, 0.6) is 0 Å². The number of nitrogens with one attached hydrogen (secondary N) is 2. The molecule has 0 unspecified atom stereocenters. The highest BCUT2D eigenvalue weighted by atomic mass is 79.9. The van der Waals surface area contributed by atoms with E-state index in [2.05, 4.69) is 46.7 Å². The Bertz CT molecular complexity index is 750. The Kier molecular flexibility index (Phi) is 4.55. The van der Waals surface area contributed by atoms with Gasteiger partial charge < -0.3 is 10.6 Å². The number of aromatic nitrogens is 4. The highest BCUT2D eigenvalue weighted by molar-refractivity contribution is 9.10. The van der Waals surface area contributed by atoms with Gasteiger partial charge in [0.2, 0.25) is 5.95 Å². The summed E-state index contributed by atoms with van der Waals surface area (Å²) >= 11 is 3.43. The third kappa shape index (κ3) is 3.98. The van der Waals surface area contributed by atoms with Crippen LogP contribution in [0, 0.1) is 0 Å². The summed E-state index contributed by atoms with van der Waals surface area (Å²) in [5.74, 6) is 1.10. The monoisotopic (exact) mass is 356 g/mol. The topological polar surface area (TPSA) is 75.6 Å². The van der Waals surface area contributed by atoms with Crippen molar-refractivity contribution in [3.05, 3.63) is 65.0 Å². The molecule has 1 aromatic carbocycles. The van der Waals surface area contributed by atoms with E-state index in [9.17, 15) is 0 Å². The maximum absolute atomic E-state index is 4.39. The van der Waals surface area contributed by atoms with Gasteiger partial charge in [0.25, 0.3) is 0 Å². The van der Waals surface area contributed by atoms with Gasteiger partial charge in [-0.25, -0.2) is 0 Å².